The number of amides is 1. The first-order valence-corrected chi connectivity index (χ1v) is 9.52. The quantitative estimate of drug-likeness (QED) is 0.605. The first kappa shape index (κ1) is 18.2. The predicted octanol–water partition coefficient (Wildman–Crippen LogP) is 5.55. The second-order valence-corrected chi connectivity index (χ2v) is 7.45. The Morgan fingerprint density at radius 2 is 1.73 bits per heavy atom. The molecule has 0 aliphatic heterocycles. The molecule has 0 atom stereocenters. The highest BCUT2D eigenvalue weighted by Gasteiger charge is 2.13. The fourth-order valence-corrected chi connectivity index (χ4v) is 3.85. The van der Waals surface area contributed by atoms with Gasteiger partial charge in [0.15, 0.2) is 0 Å². The molecule has 0 radical (unpaired) electrons. The van der Waals surface area contributed by atoms with Crippen molar-refractivity contribution in [3.8, 4) is 0 Å². The minimum atomic E-state index is -0.0595. The molecule has 132 valence electrons. The number of benzene rings is 2. The van der Waals surface area contributed by atoms with Crippen LogP contribution in [0, 0.1) is 20.8 Å². The van der Waals surface area contributed by atoms with Gasteiger partial charge in [0.2, 0.25) is 0 Å². The second kappa shape index (κ2) is 8.19. The first-order valence-electron chi connectivity index (χ1n) is 8.54. The van der Waals surface area contributed by atoms with Crippen molar-refractivity contribution in [2.45, 2.75) is 31.4 Å². The topological polar surface area (TPSA) is 42.0 Å². The maximum absolute atomic E-state index is 12.6. The van der Waals surface area contributed by atoms with Crippen molar-refractivity contribution in [3.63, 3.8) is 0 Å². The number of nitrogens with zero attached hydrogens (tertiary/aromatic N) is 1. The molecule has 1 N–H and O–H groups in total. The van der Waals surface area contributed by atoms with Crippen molar-refractivity contribution in [1.29, 1.82) is 0 Å². The molecule has 2 aromatic carbocycles. The van der Waals surface area contributed by atoms with Gasteiger partial charge in [0, 0.05) is 34.3 Å². The SMILES string of the molecule is Cc1cc(C)c(C(=O)Nc2ccc(SCc3cccnc3)cc2)c(C)c1. The summed E-state index contributed by atoms with van der Waals surface area (Å²) in [5.41, 5.74) is 5.93. The number of nitrogens with one attached hydrogen (secondary N) is 1. The third kappa shape index (κ3) is 4.52. The number of aryl methyl sites for hydroxylation is 3. The van der Waals surface area contributed by atoms with Crippen LogP contribution in [0.3, 0.4) is 0 Å². The Morgan fingerprint density at radius 3 is 2.35 bits per heavy atom. The molecule has 0 saturated heterocycles. The smallest absolute Gasteiger partial charge is 0.256 e. The lowest BCUT2D eigenvalue weighted by atomic mass is 9.99. The zero-order valence-corrected chi connectivity index (χ0v) is 16.1. The van der Waals surface area contributed by atoms with E-state index in [4.69, 9.17) is 0 Å². The van der Waals surface area contributed by atoms with E-state index < -0.39 is 0 Å². The molecule has 4 heteroatoms. The second-order valence-electron chi connectivity index (χ2n) is 6.40. The van der Waals surface area contributed by atoms with Crippen LogP contribution in [0.25, 0.3) is 0 Å². The van der Waals surface area contributed by atoms with Crippen molar-refractivity contribution < 1.29 is 4.79 Å². The molecule has 0 fully saturated rings. The molecule has 3 nitrogen and oxygen atoms in total. The van der Waals surface area contributed by atoms with E-state index in [1.165, 1.54) is 11.1 Å². The third-order valence-electron chi connectivity index (χ3n) is 4.14. The first-order chi connectivity index (χ1) is 12.5. The van der Waals surface area contributed by atoms with Gasteiger partial charge in [0.1, 0.15) is 0 Å². The monoisotopic (exact) mass is 362 g/mol. The minimum Gasteiger partial charge on any atom is -0.322 e. The summed E-state index contributed by atoms with van der Waals surface area (Å²) >= 11 is 1.75. The number of anilines is 1. The van der Waals surface area contributed by atoms with Gasteiger partial charge in [-0.2, -0.15) is 0 Å². The summed E-state index contributed by atoms with van der Waals surface area (Å²) in [5, 5.41) is 3.00. The van der Waals surface area contributed by atoms with E-state index in [0.717, 1.165) is 33.0 Å². The number of thioether (sulfide) groups is 1. The van der Waals surface area contributed by atoms with Crippen molar-refractivity contribution >= 4 is 23.4 Å². The van der Waals surface area contributed by atoms with Gasteiger partial charge in [-0.15, -0.1) is 11.8 Å². The number of hydrogen-bond donors (Lipinski definition) is 1. The van der Waals surface area contributed by atoms with Gasteiger partial charge in [-0.25, -0.2) is 0 Å². The largest absolute Gasteiger partial charge is 0.322 e. The molecular formula is C22H22N2OS. The summed E-state index contributed by atoms with van der Waals surface area (Å²) in [5.74, 6) is 0.817. The van der Waals surface area contributed by atoms with Gasteiger partial charge >= 0.3 is 0 Å². The average Bonchev–Trinajstić information content (AvgIpc) is 2.61. The fraction of sp³-hybridized carbons (Fsp3) is 0.182. The lowest BCUT2D eigenvalue weighted by Crippen LogP contribution is -2.15. The highest BCUT2D eigenvalue weighted by Crippen LogP contribution is 2.24. The third-order valence-corrected chi connectivity index (χ3v) is 5.23. The molecule has 0 aliphatic carbocycles. The molecule has 0 bridgehead atoms. The van der Waals surface area contributed by atoms with Crippen LogP contribution in [0.4, 0.5) is 5.69 Å². The van der Waals surface area contributed by atoms with Crippen LogP contribution in [-0.2, 0) is 5.75 Å². The lowest BCUT2D eigenvalue weighted by Gasteiger charge is -2.12. The number of carbonyl (C=O) groups excluding carboxylic acids is 1. The van der Waals surface area contributed by atoms with Crippen LogP contribution < -0.4 is 5.32 Å². The van der Waals surface area contributed by atoms with Crippen molar-refractivity contribution in [1.82, 2.24) is 4.98 Å². The minimum absolute atomic E-state index is 0.0595. The Hall–Kier alpha value is -2.59. The normalized spacial score (nSPS) is 10.6. The summed E-state index contributed by atoms with van der Waals surface area (Å²) in [6.45, 7) is 6.00. The number of hydrogen-bond acceptors (Lipinski definition) is 3. The Balaban J connectivity index is 1.65. The van der Waals surface area contributed by atoms with Crippen molar-refractivity contribution in [2.24, 2.45) is 0 Å². The Morgan fingerprint density at radius 1 is 1.04 bits per heavy atom. The predicted molar refractivity (Wildman–Crippen MR) is 109 cm³/mol. The van der Waals surface area contributed by atoms with Crippen LogP contribution >= 0.6 is 11.8 Å². The molecule has 0 spiro atoms. The summed E-state index contributed by atoms with van der Waals surface area (Å²) in [7, 11) is 0. The van der Waals surface area contributed by atoms with Gasteiger partial charge in [0.25, 0.3) is 5.91 Å². The lowest BCUT2D eigenvalue weighted by molar-refractivity contribution is 0.102. The van der Waals surface area contributed by atoms with E-state index in [9.17, 15) is 4.79 Å². The van der Waals surface area contributed by atoms with E-state index in [1.807, 2.05) is 69.4 Å². The number of aromatic nitrogens is 1. The standard InChI is InChI=1S/C22H22N2OS/c1-15-11-16(2)21(17(3)12-15)22(25)24-19-6-8-20(9-7-19)26-14-18-5-4-10-23-13-18/h4-13H,14H2,1-3H3,(H,24,25). The van der Waals surface area contributed by atoms with Gasteiger partial charge in [-0.3, -0.25) is 9.78 Å². The van der Waals surface area contributed by atoms with Gasteiger partial charge in [-0.1, -0.05) is 23.8 Å². The van der Waals surface area contributed by atoms with Gasteiger partial charge in [0.05, 0.1) is 0 Å². The van der Waals surface area contributed by atoms with E-state index in [2.05, 4.69) is 16.4 Å². The van der Waals surface area contributed by atoms with Crippen LogP contribution in [0.15, 0.2) is 65.8 Å². The van der Waals surface area contributed by atoms with Gasteiger partial charge in [-0.05, 0) is 67.8 Å². The zero-order chi connectivity index (χ0) is 18.5. The Labute approximate surface area is 158 Å². The molecular weight excluding hydrogens is 340 g/mol. The summed E-state index contributed by atoms with van der Waals surface area (Å²) in [4.78, 5) is 17.9. The molecule has 0 aliphatic rings. The Kier molecular flexibility index (Phi) is 5.74. The molecule has 1 heterocycles. The molecule has 3 rings (SSSR count). The van der Waals surface area contributed by atoms with Crippen LogP contribution in [0.5, 0.6) is 0 Å². The maximum Gasteiger partial charge on any atom is 0.256 e. The molecule has 3 aromatic rings. The van der Waals surface area contributed by atoms with Crippen LogP contribution in [-0.4, -0.2) is 10.9 Å². The molecule has 26 heavy (non-hydrogen) atoms. The summed E-state index contributed by atoms with van der Waals surface area (Å²) in [6, 6.07) is 16.1. The zero-order valence-electron chi connectivity index (χ0n) is 15.2. The fourth-order valence-electron chi connectivity index (χ4n) is 3.02. The van der Waals surface area contributed by atoms with Crippen molar-refractivity contribution in [2.75, 3.05) is 5.32 Å². The number of pyridine rings is 1. The van der Waals surface area contributed by atoms with Crippen LogP contribution in [0.2, 0.25) is 0 Å². The molecule has 0 saturated carbocycles. The highest BCUT2D eigenvalue weighted by molar-refractivity contribution is 7.98. The number of carbonyl (C=O) groups is 1. The highest BCUT2D eigenvalue weighted by atomic mass is 32.2. The molecule has 0 unspecified atom stereocenters. The summed E-state index contributed by atoms with van der Waals surface area (Å²) < 4.78 is 0. The van der Waals surface area contributed by atoms with E-state index in [0.29, 0.717) is 0 Å². The van der Waals surface area contributed by atoms with Gasteiger partial charge < -0.3 is 5.32 Å². The maximum atomic E-state index is 12.6. The average molecular weight is 362 g/mol. The number of rotatable bonds is 5. The van der Waals surface area contributed by atoms with Crippen LogP contribution in [0.1, 0.15) is 32.6 Å². The van der Waals surface area contributed by atoms with Crippen molar-refractivity contribution in [3.05, 3.63) is 88.7 Å². The van der Waals surface area contributed by atoms with E-state index >= 15 is 0 Å². The molecule has 1 amide bonds. The van der Waals surface area contributed by atoms with E-state index in [1.54, 1.807) is 18.0 Å². The van der Waals surface area contributed by atoms with E-state index in [-0.39, 0.29) is 5.91 Å². The molecule has 1 aromatic heterocycles. The summed E-state index contributed by atoms with van der Waals surface area (Å²) in [6.07, 6.45) is 3.66. The Bertz CT molecular complexity index is 882.